The number of carbonyl (C=O) groups excluding carboxylic acids is 2. The molecule has 21 heavy (non-hydrogen) atoms. The number of amides is 2. The van der Waals surface area contributed by atoms with E-state index in [9.17, 15) is 14.4 Å². The molecule has 0 fully saturated rings. The highest BCUT2D eigenvalue weighted by molar-refractivity contribution is 6.43. The molecule has 0 bridgehead atoms. The molecule has 2 rings (SSSR count). The minimum absolute atomic E-state index is 0.197. The maximum atomic E-state index is 12.0. The number of benzene rings is 1. The van der Waals surface area contributed by atoms with Crippen molar-refractivity contribution in [3.63, 3.8) is 0 Å². The molecule has 0 aromatic heterocycles. The second-order valence-corrected chi connectivity index (χ2v) is 4.23. The molecule has 1 aromatic carbocycles. The fourth-order valence-electron chi connectivity index (χ4n) is 1.67. The monoisotopic (exact) mass is 291 g/mol. The zero-order valence-corrected chi connectivity index (χ0v) is 11.0. The summed E-state index contributed by atoms with van der Waals surface area (Å²) in [5.74, 6) is -1.58. The van der Waals surface area contributed by atoms with Gasteiger partial charge in [-0.1, -0.05) is 12.1 Å². The normalized spacial score (nSPS) is 13.9. The van der Waals surface area contributed by atoms with Gasteiger partial charge in [0.05, 0.1) is 5.69 Å². The van der Waals surface area contributed by atoms with Crippen LogP contribution >= 0.6 is 0 Å². The van der Waals surface area contributed by atoms with Crippen molar-refractivity contribution in [1.29, 1.82) is 0 Å². The Labute approximate surface area is 119 Å². The van der Waals surface area contributed by atoms with Gasteiger partial charge in [0.1, 0.15) is 11.5 Å². The summed E-state index contributed by atoms with van der Waals surface area (Å²) in [6.07, 6.45) is 0.444. The van der Waals surface area contributed by atoms with Gasteiger partial charge in [-0.2, -0.15) is 5.10 Å². The smallest absolute Gasteiger partial charge is 0.341 e. The molecule has 1 aliphatic heterocycles. The fourth-order valence-corrected chi connectivity index (χ4v) is 1.67. The van der Waals surface area contributed by atoms with Crippen molar-refractivity contribution in [2.75, 3.05) is 11.9 Å². The van der Waals surface area contributed by atoms with E-state index in [1.165, 1.54) is 0 Å². The molecule has 1 aromatic rings. The van der Waals surface area contributed by atoms with E-state index >= 15 is 0 Å². The maximum absolute atomic E-state index is 12.0. The highest BCUT2D eigenvalue weighted by atomic mass is 16.5. The average Bonchev–Trinajstić information content (AvgIpc) is 2.47. The largest absolute Gasteiger partial charge is 0.480 e. The molecule has 0 spiro atoms. The minimum atomic E-state index is -1.12. The zero-order chi connectivity index (χ0) is 15.2. The third-order valence-electron chi connectivity index (χ3n) is 2.65. The quantitative estimate of drug-likeness (QED) is 0.723. The number of hydrogen-bond acceptors (Lipinski definition) is 5. The van der Waals surface area contributed by atoms with Gasteiger partial charge in [-0.3, -0.25) is 9.59 Å². The molecule has 0 aliphatic carbocycles. The summed E-state index contributed by atoms with van der Waals surface area (Å²) in [7, 11) is 0. The third-order valence-corrected chi connectivity index (χ3v) is 2.65. The van der Waals surface area contributed by atoms with Crippen molar-refractivity contribution < 1.29 is 24.2 Å². The van der Waals surface area contributed by atoms with Gasteiger partial charge in [0.25, 0.3) is 5.91 Å². The van der Waals surface area contributed by atoms with E-state index in [2.05, 4.69) is 15.8 Å². The molecular weight excluding hydrogens is 278 g/mol. The van der Waals surface area contributed by atoms with Crippen molar-refractivity contribution in [3.8, 4) is 5.75 Å². The number of carbonyl (C=O) groups is 3. The summed E-state index contributed by atoms with van der Waals surface area (Å²) >= 11 is 0. The Hall–Kier alpha value is -2.90. The highest BCUT2D eigenvalue weighted by Crippen LogP contribution is 2.23. The van der Waals surface area contributed by atoms with E-state index in [0.717, 1.165) is 0 Å². The summed E-state index contributed by atoms with van der Waals surface area (Å²) in [6, 6.07) is 6.46. The Morgan fingerprint density at radius 2 is 2.10 bits per heavy atom. The van der Waals surface area contributed by atoms with Gasteiger partial charge in [-0.05, 0) is 12.1 Å². The number of carboxylic acid groups (broad SMARTS) is 1. The van der Waals surface area contributed by atoms with Gasteiger partial charge < -0.3 is 15.2 Å². The summed E-state index contributed by atoms with van der Waals surface area (Å²) in [6.45, 7) is -0.510. The molecule has 110 valence electrons. The minimum Gasteiger partial charge on any atom is -0.480 e. The Balaban J connectivity index is 2.07. The lowest BCUT2D eigenvalue weighted by Gasteiger charge is -2.14. The summed E-state index contributed by atoms with van der Waals surface area (Å²) in [4.78, 5) is 33.5. The lowest BCUT2D eigenvalue weighted by molar-refractivity contribution is -0.139. The van der Waals surface area contributed by atoms with Crippen LogP contribution in [0.15, 0.2) is 29.4 Å². The molecule has 0 radical (unpaired) electrons. The standard InChI is InChI=1S/C13H13N3O5/c17-11-6-5-9(15-16-11)13(20)14-8-3-1-2-4-10(8)21-7-12(18)19/h1-4H,5-7H2,(H,14,20)(H,16,17)(H,18,19). The van der Waals surface area contributed by atoms with Crippen molar-refractivity contribution in [2.45, 2.75) is 12.8 Å². The lowest BCUT2D eigenvalue weighted by atomic mass is 10.1. The summed E-state index contributed by atoms with van der Waals surface area (Å²) in [5.41, 5.74) is 2.77. The number of hydrogen-bond donors (Lipinski definition) is 3. The molecule has 8 heteroatoms. The van der Waals surface area contributed by atoms with Crippen LogP contribution < -0.4 is 15.5 Å². The van der Waals surface area contributed by atoms with Gasteiger partial charge in [-0.25, -0.2) is 10.2 Å². The van der Waals surface area contributed by atoms with E-state index in [1.54, 1.807) is 24.3 Å². The molecule has 1 aliphatic rings. The van der Waals surface area contributed by atoms with Crippen LogP contribution in [0.4, 0.5) is 5.69 Å². The first-order valence-electron chi connectivity index (χ1n) is 6.16. The van der Waals surface area contributed by atoms with Gasteiger partial charge >= 0.3 is 5.97 Å². The van der Waals surface area contributed by atoms with E-state index in [4.69, 9.17) is 9.84 Å². The van der Waals surface area contributed by atoms with Crippen LogP contribution in [0, 0.1) is 0 Å². The predicted molar refractivity (Wildman–Crippen MR) is 73.0 cm³/mol. The first kappa shape index (κ1) is 14.5. The van der Waals surface area contributed by atoms with E-state index < -0.39 is 18.5 Å². The Kier molecular flexibility index (Phi) is 4.50. The van der Waals surface area contributed by atoms with Crippen LogP contribution in [0.3, 0.4) is 0 Å². The van der Waals surface area contributed by atoms with Crippen LogP contribution in [0.1, 0.15) is 12.8 Å². The Morgan fingerprint density at radius 1 is 1.33 bits per heavy atom. The predicted octanol–water partition coefficient (Wildman–Crippen LogP) is 0.354. The maximum Gasteiger partial charge on any atom is 0.341 e. The van der Waals surface area contributed by atoms with E-state index in [-0.39, 0.29) is 30.2 Å². The van der Waals surface area contributed by atoms with Gasteiger partial charge in [-0.15, -0.1) is 0 Å². The fraction of sp³-hybridized carbons (Fsp3) is 0.231. The van der Waals surface area contributed by atoms with Crippen LogP contribution in [-0.4, -0.2) is 35.2 Å². The van der Waals surface area contributed by atoms with Gasteiger partial charge in [0.15, 0.2) is 6.61 Å². The van der Waals surface area contributed by atoms with Crippen LogP contribution in [0.25, 0.3) is 0 Å². The number of nitrogens with one attached hydrogen (secondary N) is 2. The number of aliphatic carboxylic acids is 1. The molecule has 0 saturated carbocycles. The second-order valence-electron chi connectivity index (χ2n) is 4.23. The van der Waals surface area contributed by atoms with Crippen LogP contribution in [0.2, 0.25) is 0 Å². The van der Waals surface area contributed by atoms with Crippen molar-refractivity contribution in [2.24, 2.45) is 5.10 Å². The molecule has 1 heterocycles. The van der Waals surface area contributed by atoms with E-state index in [1.807, 2.05) is 0 Å². The number of ether oxygens (including phenoxy) is 1. The zero-order valence-electron chi connectivity index (χ0n) is 11.0. The second kappa shape index (κ2) is 6.51. The summed E-state index contributed by atoms with van der Waals surface area (Å²) in [5, 5.41) is 14.9. The van der Waals surface area contributed by atoms with Crippen LogP contribution in [0.5, 0.6) is 5.75 Å². The number of anilines is 1. The molecule has 0 unspecified atom stereocenters. The molecule has 3 N–H and O–H groups in total. The van der Waals surface area contributed by atoms with E-state index in [0.29, 0.717) is 5.69 Å². The highest BCUT2D eigenvalue weighted by Gasteiger charge is 2.19. The first-order chi connectivity index (χ1) is 10.1. The number of rotatable bonds is 5. The lowest BCUT2D eigenvalue weighted by Crippen LogP contribution is -2.32. The van der Waals surface area contributed by atoms with Crippen LogP contribution in [-0.2, 0) is 14.4 Å². The van der Waals surface area contributed by atoms with Gasteiger partial charge in [0, 0.05) is 12.8 Å². The van der Waals surface area contributed by atoms with Crippen molar-refractivity contribution in [1.82, 2.24) is 5.43 Å². The Bertz CT molecular complexity index is 612. The number of para-hydroxylation sites is 2. The Morgan fingerprint density at radius 3 is 2.76 bits per heavy atom. The number of nitrogens with zero attached hydrogens (tertiary/aromatic N) is 1. The molecule has 2 amide bonds. The SMILES string of the molecule is O=C(O)COc1ccccc1NC(=O)C1=NNC(=O)CC1. The first-order valence-corrected chi connectivity index (χ1v) is 6.16. The van der Waals surface area contributed by atoms with Gasteiger partial charge in [0.2, 0.25) is 5.91 Å². The molecule has 8 nitrogen and oxygen atoms in total. The number of hydrazone groups is 1. The topological polar surface area (TPSA) is 117 Å². The third kappa shape index (κ3) is 4.03. The molecular formula is C13H13N3O5. The van der Waals surface area contributed by atoms with Crippen molar-refractivity contribution in [3.05, 3.63) is 24.3 Å². The molecule has 0 atom stereocenters. The molecule has 0 saturated heterocycles. The number of carboxylic acids is 1. The summed E-state index contributed by atoms with van der Waals surface area (Å²) < 4.78 is 5.08. The van der Waals surface area contributed by atoms with Crippen molar-refractivity contribution >= 4 is 29.2 Å². The average molecular weight is 291 g/mol.